The maximum absolute atomic E-state index is 13.4. The molecule has 0 saturated heterocycles. The number of ether oxygens (including phenoxy) is 1. The van der Waals surface area contributed by atoms with E-state index in [2.05, 4.69) is 51.0 Å². The van der Waals surface area contributed by atoms with Crippen LogP contribution in [0.4, 0.5) is 0 Å². The third kappa shape index (κ3) is 5.63. The number of rotatable bonds is 7. The highest BCUT2D eigenvalue weighted by molar-refractivity contribution is 6.74. The number of aromatic nitrogens is 1. The minimum absolute atomic E-state index is 0.00631. The van der Waals surface area contributed by atoms with Crippen LogP contribution in [0.1, 0.15) is 32.0 Å². The van der Waals surface area contributed by atoms with Crippen molar-refractivity contribution in [3.8, 4) is 5.88 Å². The van der Waals surface area contributed by atoms with E-state index < -0.39 is 8.32 Å². The van der Waals surface area contributed by atoms with E-state index >= 15 is 0 Å². The molecule has 0 radical (unpaired) electrons. The van der Waals surface area contributed by atoms with Gasteiger partial charge in [0.05, 0.1) is 18.4 Å². The zero-order chi connectivity index (χ0) is 22.6. The van der Waals surface area contributed by atoms with Gasteiger partial charge in [-0.2, -0.15) is 0 Å². The Kier molecular flexibility index (Phi) is 7.02. The third-order valence-electron chi connectivity index (χ3n) is 6.26. The van der Waals surface area contributed by atoms with Gasteiger partial charge in [0.25, 0.3) is 5.91 Å². The van der Waals surface area contributed by atoms with Gasteiger partial charge in [-0.25, -0.2) is 4.98 Å². The van der Waals surface area contributed by atoms with Gasteiger partial charge in [0.2, 0.25) is 5.88 Å². The lowest BCUT2D eigenvalue weighted by molar-refractivity contribution is -0.126. The monoisotopic (exact) mass is 438 g/mol. The van der Waals surface area contributed by atoms with Crippen LogP contribution in [0.2, 0.25) is 18.1 Å². The van der Waals surface area contributed by atoms with Crippen molar-refractivity contribution < 1.29 is 14.0 Å². The first-order valence-electron chi connectivity index (χ1n) is 10.8. The number of hydrogen-bond donors (Lipinski definition) is 0. The van der Waals surface area contributed by atoms with Crippen molar-refractivity contribution in [3.05, 3.63) is 65.9 Å². The Balaban J connectivity index is 1.89. The van der Waals surface area contributed by atoms with E-state index in [4.69, 9.17) is 9.16 Å². The van der Waals surface area contributed by atoms with Crippen LogP contribution in [0.5, 0.6) is 5.88 Å². The molecule has 1 aromatic heterocycles. The normalized spacial score (nSPS) is 17.5. The molecule has 1 aliphatic heterocycles. The Morgan fingerprint density at radius 2 is 1.81 bits per heavy atom. The predicted octanol–water partition coefficient (Wildman–Crippen LogP) is 5.15. The average Bonchev–Trinajstić information content (AvgIpc) is 2.74. The van der Waals surface area contributed by atoms with Gasteiger partial charge in [-0.1, -0.05) is 63.2 Å². The second-order valence-electron chi connectivity index (χ2n) is 9.65. The molecule has 1 atom stereocenters. The van der Waals surface area contributed by atoms with Crippen LogP contribution in [-0.2, 0) is 15.8 Å². The minimum Gasteiger partial charge on any atom is -0.481 e. The fourth-order valence-corrected chi connectivity index (χ4v) is 4.41. The van der Waals surface area contributed by atoms with Crippen LogP contribution in [0.3, 0.4) is 0 Å². The molecule has 2 aromatic rings. The highest BCUT2D eigenvalue weighted by Gasteiger charge is 2.38. The molecule has 5 nitrogen and oxygen atoms in total. The smallest absolute Gasteiger partial charge is 0.256 e. The number of nitrogens with zero attached hydrogens (tertiary/aromatic N) is 2. The molecule has 0 N–H and O–H groups in total. The summed E-state index contributed by atoms with van der Waals surface area (Å²) in [5.74, 6) is 0.604. The minimum atomic E-state index is -1.89. The van der Waals surface area contributed by atoms with Crippen LogP contribution in [0.15, 0.2) is 54.6 Å². The molecule has 6 heteroatoms. The molecule has 1 unspecified atom stereocenters. The summed E-state index contributed by atoms with van der Waals surface area (Å²) in [6.45, 7) is 13.1. The molecular weight excluding hydrogens is 404 g/mol. The van der Waals surface area contributed by atoms with Crippen molar-refractivity contribution in [1.29, 1.82) is 0 Å². The summed E-state index contributed by atoms with van der Waals surface area (Å²) in [5, 5.41) is 0.141. The van der Waals surface area contributed by atoms with Crippen LogP contribution in [0.25, 0.3) is 5.57 Å². The number of methoxy groups -OCH3 is 1. The van der Waals surface area contributed by atoms with E-state index in [1.165, 1.54) is 0 Å². The quantitative estimate of drug-likeness (QED) is 0.561. The molecular formula is C25H34N2O3Si. The number of carbonyl (C=O) groups is 1. The zero-order valence-electron chi connectivity index (χ0n) is 19.5. The number of carbonyl (C=O) groups excluding carboxylic acids is 1. The molecule has 166 valence electrons. The third-order valence-corrected chi connectivity index (χ3v) is 10.8. The summed E-state index contributed by atoms with van der Waals surface area (Å²) in [5.41, 5.74) is 2.36. The van der Waals surface area contributed by atoms with Gasteiger partial charge in [0.15, 0.2) is 8.32 Å². The molecule has 1 aromatic carbocycles. The van der Waals surface area contributed by atoms with E-state index in [0.717, 1.165) is 5.56 Å². The van der Waals surface area contributed by atoms with E-state index in [1.807, 2.05) is 41.3 Å². The van der Waals surface area contributed by atoms with Crippen molar-refractivity contribution in [3.63, 3.8) is 0 Å². The predicted molar refractivity (Wildman–Crippen MR) is 127 cm³/mol. The second-order valence-corrected chi connectivity index (χ2v) is 14.5. The summed E-state index contributed by atoms with van der Waals surface area (Å²) in [4.78, 5) is 19.8. The molecule has 0 aliphatic carbocycles. The van der Waals surface area contributed by atoms with Gasteiger partial charge < -0.3 is 14.1 Å². The maximum atomic E-state index is 13.4. The summed E-state index contributed by atoms with van der Waals surface area (Å²) in [6.07, 6.45) is 2.04. The van der Waals surface area contributed by atoms with E-state index in [1.54, 1.807) is 13.2 Å². The summed E-state index contributed by atoms with van der Waals surface area (Å²) < 4.78 is 11.8. The van der Waals surface area contributed by atoms with Crippen molar-refractivity contribution in [2.24, 2.45) is 5.92 Å². The second kappa shape index (κ2) is 9.36. The van der Waals surface area contributed by atoms with E-state index in [9.17, 15) is 4.79 Å². The molecule has 0 saturated carbocycles. The zero-order valence-corrected chi connectivity index (χ0v) is 20.5. The van der Waals surface area contributed by atoms with E-state index in [-0.39, 0.29) is 16.9 Å². The highest BCUT2D eigenvalue weighted by Crippen LogP contribution is 2.37. The van der Waals surface area contributed by atoms with Crippen LogP contribution < -0.4 is 4.74 Å². The SMILES string of the molecule is COc1cccc(C2=CC(CO[Si](C)(C)C(C)(C)C)CN(Cc3ccccc3)C2=O)n1. The molecule has 1 amide bonds. The molecule has 0 spiro atoms. The molecule has 2 heterocycles. The van der Waals surface area contributed by atoms with Gasteiger partial charge in [0.1, 0.15) is 0 Å². The number of pyridine rings is 1. The lowest BCUT2D eigenvalue weighted by atomic mass is 9.96. The Morgan fingerprint density at radius 1 is 1.10 bits per heavy atom. The molecule has 1 aliphatic rings. The van der Waals surface area contributed by atoms with Gasteiger partial charge in [-0.05, 0) is 29.8 Å². The van der Waals surface area contributed by atoms with Crippen LogP contribution in [0, 0.1) is 5.92 Å². The number of hydrogen-bond acceptors (Lipinski definition) is 4. The first kappa shape index (κ1) is 23.2. The average molecular weight is 439 g/mol. The van der Waals surface area contributed by atoms with Crippen molar-refractivity contribution >= 4 is 19.8 Å². The van der Waals surface area contributed by atoms with Crippen molar-refractivity contribution in [1.82, 2.24) is 9.88 Å². The van der Waals surface area contributed by atoms with Gasteiger partial charge >= 0.3 is 0 Å². The highest BCUT2D eigenvalue weighted by atomic mass is 28.4. The lowest BCUT2D eigenvalue weighted by Crippen LogP contribution is -2.45. The Labute approximate surface area is 187 Å². The van der Waals surface area contributed by atoms with E-state index in [0.29, 0.717) is 36.8 Å². The van der Waals surface area contributed by atoms with Gasteiger partial charge in [-0.3, -0.25) is 4.79 Å². The maximum Gasteiger partial charge on any atom is 0.256 e. The Bertz CT molecular complexity index is 935. The topological polar surface area (TPSA) is 51.7 Å². The standard InChI is InChI=1S/C25H34N2O3Si/c1-25(2,3)31(5,6)30-18-20-15-21(22-13-10-14-23(26-22)29-4)24(28)27(17-20)16-19-11-8-7-9-12-19/h7-15,20H,16-18H2,1-6H3. The first-order valence-corrected chi connectivity index (χ1v) is 13.7. The molecule has 0 fully saturated rings. The summed E-state index contributed by atoms with van der Waals surface area (Å²) in [6, 6.07) is 15.6. The molecule has 31 heavy (non-hydrogen) atoms. The largest absolute Gasteiger partial charge is 0.481 e. The number of amides is 1. The lowest BCUT2D eigenvalue weighted by Gasteiger charge is -2.38. The fourth-order valence-electron chi connectivity index (χ4n) is 3.34. The Hall–Kier alpha value is -2.44. The number of benzene rings is 1. The van der Waals surface area contributed by atoms with Crippen LogP contribution >= 0.6 is 0 Å². The summed E-state index contributed by atoms with van der Waals surface area (Å²) >= 11 is 0. The first-order chi connectivity index (χ1) is 14.6. The summed E-state index contributed by atoms with van der Waals surface area (Å²) in [7, 11) is -0.302. The Morgan fingerprint density at radius 3 is 2.45 bits per heavy atom. The molecule has 0 bridgehead atoms. The fraction of sp³-hybridized carbons (Fsp3) is 0.440. The van der Waals surface area contributed by atoms with Crippen LogP contribution in [-0.4, -0.2) is 44.4 Å². The van der Waals surface area contributed by atoms with Crippen molar-refractivity contribution in [2.45, 2.75) is 45.4 Å². The molecule has 3 rings (SSSR count). The van der Waals surface area contributed by atoms with Gasteiger partial charge in [0, 0.05) is 31.7 Å². The van der Waals surface area contributed by atoms with Crippen molar-refractivity contribution in [2.75, 3.05) is 20.3 Å². The van der Waals surface area contributed by atoms with Gasteiger partial charge in [-0.15, -0.1) is 0 Å².